The minimum Gasteiger partial charge on any atom is -0.313 e. The molecule has 2 unspecified atom stereocenters. The van der Waals surface area contributed by atoms with E-state index >= 15 is 0 Å². The number of hydrogen-bond donors (Lipinski definition) is 1. The van der Waals surface area contributed by atoms with E-state index in [0.29, 0.717) is 17.7 Å². The molecule has 3 heteroatoms. The lowest BCUT2D eigenvalue weighted by molar-refractivity contribution is 0.440. The summed E-state index contributed by atoms with van der Waals surface area (Å²) in [5.41, 5.74) is 0. The number of benzene rings is 2. The molecule has 0 aliphatic heterocycles. The second kappa shape index (κ2) is 7.00. The Labute approximate surface area is 124 Å². The predicted molar refractivity (Wildman–Crippen MR) is 87.5 cm³/mol. The van der Waals surface area contributed by atoms with Crippen molar-refractivity contribution in [1.29, 1.82) is 0 Å². The van der Waals surface area contributed by atoms with Crippen LogP contribution in [-0.4, -0.2) is 22.5 Å². The molecule has 2 atom stereocenters. The Bertz CT molecular complexity index is 594. The van der Waals surface area contributed by atoms with Crippen molar-refractivity contribution >= 4 is 21.6 Å². The fraction of sp³-hybridized carbons (Fsp3) is 0.412. The SMILES string of the molecule is CCNC(CS(=O)c1ccc2ccccc2c1)C(C)C. The number of rotatable bonds is 6. The third-order valence-corrected chi connectivity index (χ3v) is 5.03. The zero-order valence-electron chi connectivity index (χ0n) is 12.4. The van der Waals surface area contributed by atoms with Crippen LogP contribution in [0.4, 0.5) is 0 Å². The van der Waals surface area contributed by atoms with E-state index in [9.17, 15) is 4.21 Å². The van der Waals surface area contributed by atoms with Crippen molar-refractivity contribution in [3.63, 3.8) is 0 Å². The molecule has 0 saturated heterocycles. The first-order valence-electron chi connectivity index (χ1n) is 7.22. The van der Waals surface area contributed by atoms with Crippen molar-refractivity contribution in [2.24, 2.45) is 5.92 Å². The van der Waals surface area contributed by atoms with Crippen molar-refractivity contribution in [2.75, 3.05) is 12.3 Å². The maximum Gasteiger partial charge on any atom is 0.0545 e. The zero-order valence-corrected chi connectivity index (χ0v) is 13.2. The van der Waals surface area contributed by atoms with Gasteiger partial charge in [-0.25, -0.2) is 0 Å². The first-order chi connectivity index (χ1) is 9.61. The van der Waals surface area contributed by atoms with Gasteiger partial charge in [0, 0.05) is 16.7 Å². The highest BCUT2D eigenvalue weighted by molar-refractivity contribution is 7.85. The minimum absolute atomic E-state index is 0.298. The highest BCUT2D eigenvalue weighted by Gasteiger charge is 2.16. The molecule has 0 aliphatic rings. The van der Waals surface area contributed by atoms with Crippen LogP contribution in [0, 0.1) is 5.92 Å². The van der Waals surface area contributed by atoms with E-state index in [0.717, 1.165) is 16.8 Å². The molecule has 0 fully saturated rings. The second-order valence-corrected chi connectivity index (χ2v) is 6.93. The number of fused-ring (bicyclic) bond motifs is 1. The lowest BCUT2D eigenvalue weighted by atomic mass is 10.1. The molecule has 20 heavy (non-hydrogen) atoms. The summed E-state index contributed by atoms with van der Waals surface area (Å²) in [4.78, 5) is 0.923. The standard InChI is InChI=1S/C17H23NOS/c1-4-18-17(13(2)3)12-20(19)16-10-9-14-7-5-6-8-15(14)11-16/h5-11,13,17-18H,4,12H2,1-3H3. The summed E-state index contributed by atoms with van der Waals surface area (Å²) in [7, 11) is -0.954. The van der Waals surface area contributed by atoms with Crippen molar-refractivity contribution in [1.82, 2.24) is 5.32 Å². The Balaban J connectivity index is 2.18. The van der Waals surface area contributed by atoms with Gasteiger partial charge in [0.2, 0.25) is 0 Å². The molecule has 0 spiro atoms. The molecule has 0 saturated carbocycles. The van der Waals surface area contributed by atoms with Crippen LogP contribution in [-0.2, 0) is 10.8 Å². The molecule has 2 rings (SSSR count). The lowest BCUT2D eigenvalue weighted by Gasteiger charge is -2.21. The molecular formula is C17H23NOS. The Hall–Kier alpha value is -1.19. The molecule has 0 aliphatic carbocycles. The Morgan fingerprint density at radius 1 is 1.10 bits per heavy atom. The van der Waals surface area contributed by atoms with Crippen LogP contribution in [0.2, 0.25) is 0 Å². The number of nitrogens with one attached hydrogen (secondary N) is 1. The van der Waals surface area contributed by atoms with Crippen molar-refractivity contribution in [3.05, 3.63) is 42.5 Å². The molecule has 1 N–H and O–H groups in total. The monoisotopic (exact) mass is 289 g/mol. The van der Waals surface area contributed by atoms with Gasteiger partial charge in [-0.15, -0.1) is 0 Å². The molecule has 0 heterocycles. The summed E-state index contributed by atoms with van der Waals surface area (Å²) in [5, 5.41) is 5.78. The van der Waals surface area contributed by atoms with Crippen LogP contribution in [0.15, 0.2) is 47.4 Å². The van der Waals surface area contributed by atoms with Gasteiger partial charge >= 0.3 is 0 Å². The fourth-order valence-corrected chi connectivity index (χ4v) is 3.82. The first kappa shape index (κ1) is 15.2. The summed E-state index contributed by atoms with van der Waals surface area (Å²) in [5.74, 6) is 1.16. The molecule has 0 bridgehead atoms. The maximum atomic E-state index is 12.5. The van der Waals surface area contributed by atoms with E-state index < -0.39 is 10.8 Å². The Morgan fingerprint density at radius 3 is 2.45 bits per heavy atom. The van der Waals surface area contributed by atoms with Crippen LogP contribution >= 0.6 is 0 Å². The van der Waals surface area contributed by atoms with Crippen LogP contribution in [0.1, 0.15) is 20.8 Å². The van der Waals surface area contributed by atoms with Crippen molar-refractivity contribution < 1.29 is 4.21 Å². The van der Waals surface area contributed by atoms with Crippen LogP contribution in [0.3, 0.4) is 0 Å². The summed E-state index contributed by atoms with van der Waals surface area (Å²) in [6.45, 7) is 7.35. The largest absolute Gasteiger partial charge is 0.313 e. The summed E-state index contributed by atoms with van der Waals surface area (Å²) >= 11 is 0. The molecule has 0 amide bonds. The lowest BCUT2D eigenvalue weighted by Crippen LogP contribution is -2.38. The van der Waals surface area contributed by atoms with Gasteiger partial charge in [0.1, 0.15) is 0 Å². The van der Waals surface area contributed by atoms with Crippen LogP contribution < -0.4 is 5.32 Å². The third kappa shape index (κ3) is 3.68. The average Bonchev–Trinajstić information content (AvgIpc) is 2.46. The summed E-state index contributed by atoms with van der Waals surface area (Å²) in [6.07, 6.45) is 0. The fourth-order valence-electron chi connectivity index (χ4n) is 2.32. The highest BCUT2D eigenvalue weighted by atomic mass is 32.2. The maximum absolute atomic E-state index is 12.5. The van der Waals surface area contributed by atoms with Crippen molar-refractivity contribution in [3.8, 4) is 0 Å². The molecule has 2 aromatic carbocycles. The molecule has 0 radical (unpaired) electrons. The third-order valence-electron chi connectivity index (χ3n) is 3.59. The smallest absolute Gasteiger partial charge is 0.0545 e. The highest BCUT2D eigenvalue weighted by Crippen LogP contribution is 2.19. The molecular weight excluding hydrogens is 266 g/mol. The quantitative estimate of drug-likeness (QED) is 0.880. The van der Waals surface area contributed by atoms with Gasteiger partial charge in [0.05, 0.1) is 10.8 Å². The van der Waals surface area contributed by atoms with Gasteiger partial charge in [-0.1, -0.05) is 51.1 Å². The zero-order chi connectivity index (χ0) is 14.5. The Kier molecular flexibility index (Phi) is 5.32. The first-order valence-corrected chi connectivity index (χ1v) is 8.54. The van der Waals surface area contributed by atoms with E-state index in [1.54, 1.807) is 0 Å². The number of hydrogen-bond acceptors (Lipinski definition) is 2. The summed E-state index contributed by atoms with van der Waals surface area (Å²) in [6, 6.07) is 14.6. The van der Waals surface area contributed by atoms with Gasteiger partial charge in [-0.2, -0.15) is 0 Å². The van der Waals surface area contributed by atoms with E-state index in [1.165, 1.54) is 5.39 Å². The van der Waals surface area contributed by atoms with Gasteiger partial charge < -0.3 is 5.32 Å². The van der Waals surface area contributed by atoms with Gasteiger partial charge in [-0.3, -0.25) is 4.21 Å². The van der Waals surface area contributed by atoms with E-state index in [1.807, 2.05) is 18.2 Å². The Morgan fingerprint density at radius 2 is 1.80 bits per heavy atom. The van der Waals surface area contributed by atoms with Crippen LogP contribution in [0.25, 0.3) is 10.8 Å². The average molecular weight is 289 g/mol. The van der Waals surface area contributed by atoms with Crippen LogP contribution in [0.5, 0.6) is 0 Å². The van der Waals surface area contributed by atoms with E-state index in [-0.39, 0.29) is 0 Å². The van der Waals surface area contributed by atoms with Crippen molar-refractivity contribution in [2.45, 2.75) is 31.7 Å². The van der Waals surface area contributed by atoms with E-state index in [4.69, 9.17) is 0 Å². The van der Waals surface area contributed by atoms with Gasteiger partial charge in [0.15, 0.2) is 0 Å². The topological polar surface area (TPSA) is 29.1 Å². The second-order valence-electron chi connectivity index (χ2n) is 5.43. The van der Waals surface area contributed by atoms with Gasteiger partial charge in [0.25, 0.3) is 0 Å². The summed E-state index contributed by atoms with van der Waals surface area (Å²) < 4.78 is 12.5. The predicted octanol–water partition coefficient (Wildman–Crippen LogP) is 3.58. The normalized spacial score (nSPS) is 14.6. The molecule has 2 aromatic rings. The molecule has 2 nitrogen and oxygen atoms in total. The molecule has 0 aromatic heterocycles. The van der Waals surface area contributed by atoms with Gasteiger partial charge in [-0.05, 0) is 35.4 Å². The molecule has 108 valence electrons. The minimum atomic E-state index is -0.954. The van der Waals surface area contributed by atoms with E-state index in [2.05, 4.69) is 50.4 Å².